The fourth-order valence-corrected chi connectivity index (χ4v) is 2.01. The van der Waals surface area contributed by atoms with Gasteiger partial charge in [0.15, 0.2) is 6.10 Å². The molecule has 0 aliphatic heterocycles. The molecule has 0 heterocycles. The van der Waals surface area contributed by atoms with E-state index in [9.17, 15) is 14.9 Å². The molecule has 2 rings (SSSR count). The summed E-state index contributed by atoms with van der Waals surface area (Å²) in [6.45, 7) is 1.59. The standard InChI is InChI=1S/C17H19N3O4/c1-12(24-16-6-4-5-15(11-16)20(22)23)17(21)18-13-7-9-14(10-8-13)19(2)3/h4-12H,1-3H3,(H,18,21)/t12-/m0/s1. The third kappa shape index (κ3) is 4.45. The van der Waals surface area contributed by atoms with Crippen molar-refractivity contribution in [1.82, 2.24) is 0 Å². The molecule has 0 spiro atoms. The van der Waals surface area contributed by atoms with Crippen molar-refractivity contribution in [2.24, 2.45) is 0 Å². The van der Waals surface area contributed by atoms with Crippen LogP contribution in [0.25, 0.3) is 0 Å². The summed E-state index contributed by atoms with van der Waals surface area (Å²) in [5, 5.41) is 13.5. The lowest BCUT2D eigenvalue weighted by atomic mass is 10.2. The normalized spacial score (nSPS) is 11.5. The molecule has 0 saturated heterocycles. The van der Waals surface area contributed by atoms with Crippen LogP contribution in [0.4, 0.5) is 17.1 Å². The lowest BCUT2D eigenvalue weighted by Gasteiger charge is -2.16. The molecule has 0 saturated carbocycles. The number of anilines is 2. The number of hydrogen-bond donors (Lipinski definition) is 1. The number of hydrogen-bond acceptors (Lipinski definition) is 5. The maximum Gasteiger partial charge on any atom is 0.273 e. The Labute approximate surface area is 140 Å². The summed E-state index contributed by atoms with van der Waals surface area (Å²) >= 11 is 0. The Morgan fingerprint density at radius 3 is 2.46 bits per heavy atom. The molecule has 0 unspecified atom stereocenters. The lowest BCUT2D eigenvalue weighted by molar-refractivity contribution is -0.384. The van der Waals surface area contributed by atoms with Gasteiger partial charge in [-0.05, 0) is 37.3 Å². The van der Waals surface area contributed by atoms with Crippen LogP contribution < -0.4 is 15.0 Å². The van der Waals surface area contributed by atoms with Crippen LogP contribution in [0, 0.1) is 10.1 Å². The predicted molar refractivity (Wildman–Crippen MR) is 92.6 cm³/mol. The zero-order valence-corrected chi connectivity index (χ0v) is 13.7. The van der Waals surface area contributed by atoms with Gasteiger partial charge in [-0.3, -0.25) is 14.9 Å². The number of benzene rings is 2. The Morgan fingerprint density at radius 1 is 1.21 bits per heavy atom. The molecule has 126 valence electrons. The highest BCUT2D eigenvalue weighted by Crippen LogP contribution is 2.21. The van der Waals surface area contributed by atoms with Crippen LogP contribution in [-0.4, -0.2) is 31.0 Å². The first-order valence-electron chi connectivity index (χ1n) is 7.36. The number of ether oxygens (including phenoxy) is 1. The van der Waals surface area contributed by atoms with Gasteiger partial charge in [0.2, 0.25) is 0 Å². The fraction of sp³-hybridized carbons (Fsp3) is 0.235. The molecule has 7 nitrogen and oxygen atoms in total. The maximum atomic E-state index is 12.2. The highest BCUT2D eigenvalue weighted by atomic mass is 16.6. The second-order valence-electron chi connectivity index (χ2n) is 5.45. The third-order valence-electron chi connectivity index (χ3n) is 3.36. The molecule has 0 radical (unpaired) electrons. The number of nitro benzene ring substituents is 1. The van der Waals surface area contributed by atoms with Crippen molar-refractivity contribution in [3.63, 3.8) is 0 Å². The number of rotatable bonds is 6. The minimum atomic E-state index is -0.791. The number of nitro groups is 1. The van der Waals surface area contributed by atoms with Gasteiger partial charge in [0.1, 0.15) is 5.75 Å². The molecule has 1 N–H and O–H groups in total. The fourth-order valence-electron chi connectivity index (χ4n) is 2.01. The van der Waals surface area contributed by atoms with Crippen LogP contribution in [0.15, 0.2) is 48.5 Å². The van der Waals surface area contributed by atoms with Gasteiger partial charge in [0.25, 0.3) is 11.6 Å². The molecular weight excluding hydrogens is 310 g/mol. The highest BCUT2D eigenvalue weighted by Gasteiger charge is 2.16. The van der Waals surface area contributed by atoms with Gasteiger partial charge < -0.3 is 15.0 Å². The van der Waals surface area contributed by atoms with Crippen molar-refractivity contribution in [2.75, 3.05) is 24.3 Å². The van der Waals surface area contributed by atoms with Crippen molar-refractivity contribution in [1.29, 1.82) is 0 Å². The molecule has 24 heavy (non-hydrogen) atoms. The van der Waals surface area contributed by atoms with Crippen molar-refractivity contribution < 1.29 is 14.5 Å². The Hall–Kier alpha value is -3.09. The molecule has 0 bridgehead atoms. The van der Waals surface area contributed by atoms with Gasteiger partial charge in [-0.2, -0.15) is 0 Å². The van der Waals surface area contributed by atoms with E-state index in [4.69, 9.17) is 4.74 Å². The smallest absolute Gasteiger partial charge is 0.273 e. The van der Waals surface area contributed by atoms with E-state index in [2.05, 4.69) is 5.32 Å². The number of non-ortho nitro benzene ring substituents is 1. The Bertz CT molecular complexity index is 729. The summed E-state index contributed by atoms with van der Waals surface area (Å²) in [6.07, 6.45) is -0.791. The molecule has 2 aromatic carbocycles. The Balaban J connectivity index is 1.99. The largest absolute Gasteiger partial charge is 0.481 e. The number of carbonyl (C=O) groups is 1. The molecule has 1 atom stereocenters. The molecule has 1 amide bonds. The monoisotopic (exact) mass is 329 g/mol. The second-order valence-corrected chi connectivity index (χ2v) is 5.45. The quantitative estimate of drug-likeness (QED) is 0.650. The van der Waals surface area contributed by atoms with Crippen molar-refractivity contribution in [2.45, 2.75) is 13.0 Å². The van der Waals surface area contributed by atoms with E-state index in [1.165, 1.54) is 18.2 Å². The first-order chi connectivity index (χ1) is 11.4. The molecule has 0 aliphatic carbocycles. The van der Waals surface area contributed by atoms with Crippen LogP contribution in [-0.2, 0) is 4.79 Å². The maximum absolute atomic E-state index is 12.2. The lowest BCUT2D eigenvalue weighted by Crippen LogP contribution is -2.30. The van der Waals surface area contributed by atoms with Crippen LogP contribution in [0.3, 0.4) is 0 Å². The highest BCUT2D eigenvalue weighted by molar-refractivity contribution is 5.94. The topological polar surface area (TPSA) is 84.7 Å². The van der Waals surface area contributed by atoms with E-state index in [0.717, 1.165) is 5.69 Å². The van der Waals surface area contributed by atoms with E-state index in [1.54, 1.807) is 25.1 Å². The number of carbonyl (C=O) groups excluding carboxylic acids is 1. The van der Waals surface area contributed by atoms with Crippen molar-refractivity contribution in [3.05, 3.63) is 58.6 Å². The van der Waals surface area contributed by atoms with Crippen molar-refractivity contribution >= 4 is 23.0 Å². The first-order valence-corrected chi connectivity index (χ1v) is 7.36. The summed E-state index contributed by atoms with van der Waals surface area (Å²) in [4.78, 5) is 24.4. The Kier molecular flexibility index (Phi) is 5.36. The zero-order valence-electron chi connectivity index (χ0n) is 13.7. The second kappa shape index (κ2) is 7.45. The van der Waals surface area contributed by atoms with E-state index < -0.39 is 11.0 Å². The van der Waals surface area contributed by atoms with Gasteiger partial charge in [-0.25, -0.2) is 0 Å². The summed E-state index contributed by atoms with van der Waals surface area (Å²) < 4.78 is 5.48. The predicted octanol–water partition coefficient (Wildman–Crippen LogP) is 3.07. The van der Waals surface area contributed by atoms with Gasteiger partial charge in [0.05, 0.1) is 11.0 Å². The van der Waals surface area contributed by atoms with Gasteiger partial charge in [0, 0.05) is 31.5 Å². The summed E-state index contributed by atoms with van der Waals surface area (Å²) in [5.41, 5.74) is 1.59. The molecule has 7 heteroatoms. The van der Waals surface area contributed by atoms with Crippen LogP contribution in [0.2, 0.25) is 0 Å². The van der Waals surface area contributed by atoms with Crippen LogP contribution >= 0.6 is 0 Å². The summed E-state index contributed by atoms with van der Waals surface area (Å²) in [6, 6.07) is 13.1. The van der Waals surface area contributed by atoms with E-state index in [0.29, 0.717) is 5.69 Å². The molecule has 0 fully saturated rings. The SMILES string of the molecule is C[C@H](Oc1cccc([N+](=O)[O-])c1)C(=O)Nc1ccc(N(C)C)cc1. The molecule has 0 aliphatic rings. The van der Waals surface area contributed by atoms with Crippen LogP contribution in [0.5, 0.6) is 5.75 Å². The zero-order chi connectivity index (χ0) is 17.7. The molecule has 0 aromatic heterocycles. The van der Waals surface area contributed by atoms with Crippen LogP contribution in [0.1, 0.15) is 6.92 Å². The Morgan fingerprint density at radius 2 is 1.88 bits per heavy atom. The number of amides is 1. The third-order valence-corrected chi connectivity index (χ3v) is 3.36. The number of nitrogens with one attached hydrogen (secondary N) is 1. The summed E-state index contributed by atoms with van der Waals surface area (Å²) in [5.74, 6) is -0.0612. The minimum Gasteiger partial charge on any atom is -0.481 e. The van der Waals surface area contributed by atoms with Gasteiger partial charge in [-0.1, -0.05) is 6.07 Å². The van der Waals surface area contributed by atoms with E-state index in [1.807, 2.05) is 31.1 Å². The average Bonchev–Trinajstić information content (AvgIpc) is 2.55. The van der Waals surface area contributed by atoms with Gasteiger partial charge >= 0.3 is 0 Å². The summed E-state index contributed by atoms with van der Waals surface area (Å²) in [7, 11) is 3.87. The van der Waals surface area contributed by atoms with E-state index in [-0.39, 0.29) is 17.3 Å². The van der Waals surface area contributed by atoms with Gasteiger partial charge in [-0.15, -0.1) is 0 Å². The van der Waals surface area contributed by atoms with Crippen molar-refractivity contribution in [3.8, 4) is 5.75 Å². The first kappa shape index (κ1) is 17.3. The average molecular weight is 329 g/mol. The molecular formula is C17H19N3O4. The molecule has 2 aromatic rings. The van der Waals surface area contributed by atoms with E-state index >= 15 is 0 Å². The number of nitrogens with zero attached hydrogens (tertiary/aromatic N) is 2. The minimum absolute atomic E-state index is 0.0839.